The molecule has 0 saturated heterocycles. The van der Waals surface area contributed by atoms with Crippen molar-refractivity contribution in [3.05, 3.63) is 23.8 Å². The van der Waals surface area contributed by atoms with Gasteiger partial charge in [0.1, 0.15) is 0 Å². The topological polar surface area (TPSA) is 55.5 Å². The summed E-state index contributed by atoms with van der Waals surface area (Å²) >= 11 is 0. The maximum absolute atomic E-state index is 12.0. The molecule has 1 rings (SSSR count). The van der Waals surface area contributed by atoms with E-state index in [4.69, 9.17) is 10.8 Å². The number of aliphatic hydroxyl groups is 1. The maximum atomic E-state index is 12.0. The minimum absolute atomic E-state index is 0.103. The molecule has 1 aromatic rings. The molecule has 3 nitrogen and oxygen atoms in total. The lowest BCUT2D eigenvalue weighted by Crippen LogP contribution is -2.18. The van der Waals surface area contributed by atoms with E-state index in [1.54, 1.807) is 0 Å². The Labute approximate surface area is 96.0 Å². The van der Waals surface area contributed by atoms with Gasteiger partial charge in [-0.2, -0.15) is 0 Å². The van der Waals surface area contributed by atoms with Crippen LogP contribution in [0.25, 0.3) is 0 Å². The number of halogens is 3. The van der Waals surface area contributed by atoms with Gasteiger partial charge in [0.15, 0.2) is 5.75 Å². The fraction of sp³-hybridized carbons (Fsp3) is 0.273. The summed E-state index contributed by atoms with van der Waals surface area (Å²) in [6.45, 7) is -0.103. The summed E-state index contributed by atoms with van der Waals surface area (Å²) in [6, 6.07) is 3.86. The summed E-state index contributed by atoms with van der Waals surface area (Å²) in [5.74, 6) is 4.69. The Kier molecular flexibility index (Phi) is 4.24. The van der Waals surface area contributed by atoms with Crippen LogP contribution in [-0.2, 0) is 0 Å². The molecule has 0 fully saturated rings. The third kappa shape index (κ3) is 4.66. The van der Waals surface area contributed by atoms with Crippen LogP contribution in [0, 0.1) is 11.8 Å². The normalized spacial score (nSPS) is 10.6. The second kappa shape index (κ2) is 5.46. The highest BCUT2D eigenvalue weighted by atomic mass is 19.4. The monoisotopic (exact) mass is 245 g/mol. The van der Waals surface area contributed by atoms with Crippen molar-refractivity contribution in [1.29, 1.82) is 0 Å². The Balaban J connectivity index is 2.92. The summed E-state index contributed by atoms with van der Waals surface area (Å²) in [7, 11) is 0. The van der Waals surface area contributed by atoms with Crippen molar-refractivity contribution in [2.75, 3.05) is 12.3 Å². The van der Waals surface area contributed by atoms with Crippen LogP contribution < -0.4 is 10.5 Å². The molecule has 0 unspecified atom stereocenters. The minimum atomic E-state index is -4.79. The van der Waals surface area contributed by atoms with Crippen LogP contribution in [0.5, 0.6) is 5.75 Å². The number of ether oxygens (including phenoxy) is 1. The van der Waals surface area contributed by atoms with Crippen molar-refractivity contribution in [3.8, 4) is 17.6 Å². The second-order valence-corrected chi connectivity index (χ2v) is 3.08. The molecule has 0 saturated carbocycles. The summed E-state index contributed by atoms with van der Waals surface area (Å²) in [6.07, 6.45) is -4.54. The Morgan fingerprint density at radius 3 is 2.65 bits per heavy atom. The largest absolute Gasteiger partial charge is 0.573 e. The lowest BCUT2D eigenvalue weighted by Gasteiger charge is -2.10. The fourth-order valence-electron chi connectivity index (χ4n) is 1.05. The van der Waals surface area contributed by atoms with Crippen molar-refractivity contribution in [2.45, 2.75) is 12.8 Å². The molecule has 0 aliphatic carbocycles. The van der Waals surface area contributed by atoms with Gasteiger partial charge in [-0.1, -0.05) is 11.8 Å². The van der Waals surface area contributed by atoms with Crippen LogP contribution in [0.15, 0.2) is 18.2 Å². The molecule has 6 heteroatoms. The first-order valence-electron chi connectivity index (χ1n) is 4.67. The molecule has 0 aliphatic rings. The molecule has 0 spiro atoms. The first-order chi connectivity index (χ1) is 7.92. The summed E-state index contributed by atoms with van der Waals surface area (Å²) in [4.78, 5) is 0. The second-order valence-electron chi connectivity index (χ2n) is 3.08. The zero-order valence-electron chi connectivity index (χ0n) is 8.71. The number of rotatable bonds is 2. The zero-order valence-corrected chi connectivity index (χ0v) is 8.71. The van der Waals surface area contributed by atoms with Gasteiger partial charge in [-0.3, -0.25) is 0 Å². The SMILES string of the molecule is Nc1ccc(C#CCCO)cc1OC(F)(F)F. The highest BCUT2D eigenvalue weighted by molar-refractivity contribution is 5.56. The molecule has 92 valence electrons. The molecule has 0 aromatic heterocycles. The molecule has 3 N–H and O–H groups in total. The molecule has 0 aliphatic heterocycles. The van der Waals surface area contributed by atoms with Crippen molar-refractivity contribution in [2.24, 2.45) is 0 Å². The van der Waals surface area contributed by atoms with Crippen molar-refractivity contribution in [3.63, 3.8) is 0 Å². The molecular weight excluding hydrogens is 235 g/mol. The highest BCUT2D eigenvalue weighted by Gasteiger charge is 2.31. The third-order valence-corrected chi connectivity index (χ3v) is 1.71. The van der Waals surface area contributed by atoms with E-state index in [0.29, 0.717) is 5.56 Å². The molecule has 0 heterocycles. The average Bonchev–Trinajstić information content (AvgIpc) is 2.21. The predicted molar refractivity (Wildman–Crippen MR) is 56.1 cm³/mol. The number of nitrogen functional groups attached to an aromatic ring is 1. The van der Waals surface area contributed by atoms with Crippen LogP contribution in [0.4, 0.5) is 18.9 Å². The fourth-order valence-corrected chi connectivity index (χ4v) is 1.05. The Morgan fingerprint density at radius 2 is 2.06 bits per heavy atom. The lowest BCUT2D eigenvalue weighted by molar-refractivity contribution is -0.274. The van der Waals surface area contributed by atoms with Gasteiger partial charge in [0.2, 0.25) is 0 Å². The standard InChI is InChI=1S/C11H10F3NO2/c12-11(13,14)17-10-7-8(3-1-2-6-16)4-5-9(10)15/h4-5,7,16H,2,6,15H2. The van der Waals surface area contributed by atoms with Crippen LogP contribution in [0.1, 0.15) is 12.0 Å². The van der Waals surface area contributed by atoms with Crippen molar-refractivity contribution >= 4 is 5.69 Å². The van der Waals surface area contributed by atoms with Crippen LogP contribution >= 0.6 is 0 Å². The Morgan fingerprint density at radius 1 is 1.35 bits per heavy atom. The van der Waals surface area contributed by atoms with Crippen LogP contribution in [0.3, 0.4) is 0 Å². The van der Waals surface area contributed by atoms with Gasteiger partial charge in [0, 0.05) is 12.0 Å². The number of aliphatic hydroxyl groups excluding tert-OH is 1. The highest BCUT2D eigenvalue weighted by Crippen LogP contribution is 2.28. The van der Waals surface area contributed by atoms with Gasteiger partial charge in [-0.05, 0) is 18.2 Å². The molecule has 0 amide bonds. The minimum Gasteiger partial charge on any atom is -0.404 e. The Bertz CT molecular complexity index is 446. The van der Waals surface area contributed by atoms with Crippen LogP contribution in [-0.4, -0.2) is 18.1 Å². The zero-order chi connectivity index (χ0) is 12.9. The molecule has 0 radical (unpaired) electrons. The first kappa shape index (κ1) is 13.2. The van der Waals surface area contributed by atoms with E-state index in [1.807, 2.05) is 0 Å². The van der Waals surface area contributed by atoms with Gasteiger partial charge < -0.3 is 15.6 Å². The average molecular weight is 245 g/mol. The smallest absolute Gasteiger partial charge is 0.404 e. The lowest BCUT2D eigenvalue weighted by atomic mass is 10.2. The third-order valence-electron chi connectivity index (χ3n) is 1.71. The van der Waals surface area contributed by atoms with E-state index in [0.717, 1.165) is 6.07 Å². The first-order valence-corrected chi connectivity index (χ1v) is 4.67. The molecular formula is C11H10F3NO2. The number of benzene rings is 1. The van der Waals surface area contributed by atoms with E-state index < -0.39 is 12.1 Å². The summed E-state index contributed by atoms with van der Waals surface area (Å²) in [5.41, 5.74) is 5.56. The molecule has 17 heavy (non-hydrogen) atoms. The quantitative estimate of drug-likeness (QED) is 0.618. The van der Waals surface area contributed by atoms with Gasteiger partial charge in [-0.15, -0.1) is 13.2 Å². The molecule has 0 bridgehead atoms. The van der Waals surface area contributed by atoms with Crippen molar-refractivity contribution < 1.29 is 23.0 Å². The molecule has 1 aromatic carbocycles. The van der Waals surface area contributed by atoms with E-state index in [2.05, 4.69) is 16.6 Å². The Hall–Kier alpha value is -1.87. The summed E-state index contributed by atoms with van der Waals surface area (Å²) < 4.78 is 39.8. The summed E-state index contributed by atoms with van der Waals surface area (Å²) in [5, 5.41) is 8.50. The van der Waals surface area contributed by atoms with Crippen molar-refractivity contribution in [1.82, 2.24) is 0 Å². The maximum Gasteiger partial charge on any atom is 0.573 e. The van der Waals surface area contributed by atoms with Gasteiger partial charge >= 0.3 is 6.36 Å². The van der Waals surface area contributed by atoms with E-state index in [1.165, 1.54) is 12.1 Å². The number of nitrogens with two attached hydrogens (primary N) is 1. The number of anilines is 1. The van der Waals surface area contributed by atoms with Gasteiger partial charge in [-0.25, -0.2) is 0 Å². The number of hydrogen-bond acceptors (Lipinski definition) is 3. The predicted octanol–water partition coefficient (Wildman–Crippen LogP) is 1.90. The number of alkyl halides is 3. The van der Waals surface area contributed by atoms with E-state index >= 15 is 0 Å². The van der Waals surface area contributed by atoms with E-state index in [-0.39, 0.29) is 18.7 Å². The van der Waals surface area contributed by atoms with E-state index in [9.17, 15) is 13.2 Å². The molecule has 0 atom stereocenters. The van der Waals surface area contributed by atoms with Crippen LogP contribution in [0.2, 0.25) is 0 Å². The number of hydrogen-bond donors (Lipinski definition) is 2. The van der Waals surface area contributed by atoms with Gasteiger partial charge in [0.05, 0.1) is 12.3 Å². The van der Waals surface area contributed by atoms with Gasteiger partial charge in [0.25, 0.3) is 0 Å².